The van der Waals surface area contributed by atoms with Crippen molar-refractivity contribution in [3.8, 4) is 0 Å². The minimum atomic E-state index is -0.385. The number of nitrogens with one attached hydrogen (secondary N) is 1. The number of nitrogens with zero attached hydrogens (tertiary/aromatic N) is 5. The second-order valence-corrected chi connectivity index (χ2v) is 12.0. The molecule has 4 bridgehead atoms. The Hall–Kier alpha value is -3.20. The quantitative estimate of drug-likeness (QED) is 0.319. The SMILES string of the molecule is Cc1nn(Cc2ccccc2Cl)c(C)c1NC(=O)CC12CC3CC(C1)CC(n1cc([N+](=O)[O-])cn1)(C3)C2. The summed E-state index contributed by atoms with van der Waals surface area (Å²) < 4.78 is 3.73. The van der Waals surface area contributed by atoms with Crippen LogP contribution in [0.5, 0.6) is 0 Å². The van der Waals surface area contributed by atoms with Crippen LogP contribution in [-0.4, -0.2) is 30.4 Å². The topological polar surface area (TPSA) is 108 Å². The van der Waals surface area contributed by atoms with Crippen LogP contribution in [0.25, 0.3) is 0 Å². The predicted molar refractivity (Wildman–Crippen MR) is 139 cm³/mol. The van der Waals surface area contributed by atoms with E-state index in [-0.39, 0.29) is 27.5 Å². The van der Waals surface area contributed by atoms with Gasteiger partial charge in [-0.3, -0.25) is 24.3 Å². The van der Waals surface area contributed by atoms with E-state index in [9.17, 15) is 14.9 Å². The van der Waals surface area contributed by atoms with Gasteiger partial charge in [0.25, 0.3) is 0 Å². The van der Waals surface area contributed by atoms with E-state index in [4.69, 9.17) is 11.6 Å². The van der Waals surface area contributed by atoms with Gasteiger partial charge in [-0.15, -0.1) is 0 Å². The van der Waals surface area contributed by atoms with E-state index in [1.807, 2.05) is 47.5 Å². The second kappa shape index (κ2) is 8.68. The molecule has 1 N–H and O–H groups in total. The van der Waals surface area contributed by atoms with Gasteiger partial charge in [-0.05, 0) is 81.3 Å². The molecule has 4 aliphatic rings. The lowest BCUT2D eigenvalue weighted by atomic mass is 9.46. The van der Waals surface area contributed by atoms with Crippen LogP contribution in [-0.2, 0) is 16.9 Å². The molecule has 0 saturated heterocycles. The van der Waals surface area contributed by atoms with Crippen molar-refractivity contribution in [1.29, 1.82) is 0 Å². The Morgan fingerprint density at radius 1 is 1.22 bits per heavy atom. The highest BCUT2D eigenvalue weighted by atomic mass is 35.5. The molecule has 2 heterocycles. The molecule has 0 aliphatic heterocycles. The van der Waals surface area contributed by atoms with Crippen molar-refractivity contribution in [3.05, 3.63) is 68.7 Å². The van der Waals surface area contributed by atoms with Crippen LogP contribution in [0.4, 0.5) is 11.4 Å². The monoisotopic (exact) mass is 522 g/mol. The molecule has 4 saturated carbocycles. The summed E-state index contributed by atoms with van der Waals surface area (Å²) in [7, 11) is 0. The summed E-state index contributed by atoms with van der Waals surface area (Å²) in [4.78, 5) is 24.4. The van der Waals surface area contributed by atoms with Crippen LogP contribution in [0.15, 0.2) is 36.7 Å². The predicted octanol–water partition coefficient (Wildman–Crippen LogP) is 5.63. The Kier molecular flexibility index (Phi) is 5.67. The molecule has 3 aromatic rings. The third-order valence-electron chi connectivity index (χ3n) is 8.88. The molecule has 4 aliphatic carbocycles. The highest BCUT2D eigenvalue weighted by Crippen LogP contribution is 2.65. The minimum absolute atomic E-state index is 0.00652. The lowest BCUT2D eigenvalue weighted by molar-refractivity contribution is -0.385. The first kappa shape index (κ1) is 24.2. The summed E-state index contributed by atoms with van der Waals surface area (Å²) in [5, 5.41) is 24.3. The van der Waals surface area contributed by atoms with Crippen LogP contribution in [0.3, 0.4) is 0 Å². The summed E-state index contributed by atoms with van der Waals surface area (Å²) in [5.41, 5.74) is 3.11. The van der Waals surface area contributed by atoms with Crippen LogP contribution in [0.1, 0.15) is 61.9 Å². The number of aromatic nitrogens is 4. The van der Waals surface area contributed by atoms with E-state index in [0.717, 1.165) is 54.7 Å². The summed E-state index contributed by atoms with van der Waals surface area (Å²) in [6.45, 7) is 4.42. The lowest BCUT2D eigenvalue weighted by Gasteiger charge is -2.61. The molecule has 9 nitrogen and oxygen atoms in total. The van der Waals surface area contributed by atoms with Crippen molar-refractivity contribution in [2.75, 3.05) is 5.32 Å². The summed E-state index contributed by atoms with van der Waals surface area (Å²) in [6, 6.07) is 7.70. The molecule has 37 heavy (non-hydrogen) atoms. The van der Waals surface area contributed by atoms with Gasteiger partial charge in [-0.25, -0.2) is 0 Å². The highest BCUT2D eigenvalue weighted by molar-refractivity contribution is 6.31. The van der Waals surface area contributed by atoms with Gasteiger partial charge in [-0.1, -0.05) is 29.8 Å². The maximum absolute atomic E-state index is 13.5. The maximum Gasteiger partial charge on any atom is 0.307 e. The van der Waals surface area contributed by atoms with Gasteiger partial charge in [0.1, 0.15) is 12.4 Å². The van der Waals surface area contributed by atoms with E-state index in [0.29, 0.717) is 29.8 Å². The van der Waals surface area contributed by atoms with E-state index in [1.54, 1.807) is 6.20 Å². The van der Waals surface area contributed by atoms with E-state index in [1.165, 1.54) is 12.6 Å². The molecule has 2 unspecified atom stereocenters. The average molecular weight is 523 g/mol. The van der Waals surface area contributed by atoms with Crippen molar-refractivity contribution >= 4 is 28.9 Å². The molecule has 2 atom stereocenters. The number of hydrogen-bond donors (Lipinski definition) is 1. The smallest absolute Gasteiger partial charge is 0.307 e. The van der Waals surface area contributed by atoms with Gasteiger partial charge < -0.3 is 5.32 Å². The Balaban J connectivity index is 1.21. The van der Waals surface area contributed by atoms with Crippen molar-refractivity contribution in [3.63, 3.8) is 0 Å². The van der Waals surface area contributed by atoms with Crippen molar-refractivity contribution in [2.24, 2.45) is 17.3 Å². The van der Waals surface area contributed by atoms with Crippen LogP contribution in [0, 0.1) is 41.2 Å². The van der Waals surface area contributed by atoms with Crippen LogP contribution in [0.2, 0.25) is 5.02 Å². The molecule has 10 heteroatoms. The number of nitro groups is 1. The number of carbonyl (C=O) groups excluding carboxylic acids is 1. The zero-order valence-electron chi connectivity index (χ0n) is 21.1. The number of benzene rings is 1. The van der Waals surface area contributed by atoms with Crippen molar-refractivity contribution in [2.45, 2.75) is 70.9 Å². The Bertz CT molecular complexity index is 1380. The summed E-state index contributed by atoms with van der Waals surface area (Å²) in [6.07, 6.45) is 9.43. The first-order valence-electron chi connectivity index (χ1n) is 12.9. The summed E-state index contributed by atoms with van der Waals surface area (Å²) in [5.74, 6) is 1.06. The number of aryl methyl sites for hydroxylation is 1. The van der Waals surface area contributed by atoms with Gasteiger partial charge in [0.2, 0.25) is 5.91 Å². The number of rotatable bonds is 7. The normalized spacial score (nSPS) is 28.0. The van der Waals surface area contributed by atoms with Gasteiger partial charge in [0.15, 0.2) is 0 Å². The Morgan fingerprint density at radius 3 is 2.62 bits per heavy atom. The van der Waals surface area contributed by atoms with E-state index < -0.39 is 0 Å². The standard InChI is InChI=1S/C27H31ClN6O3/c1-17-25(18(2)32(31-17)14-21-5-3-4-6-23(21)28)30-24(35)12-26-8-19-7-20(9-26)11-27(10-19,16-26)33-15-22(13-29-33)34(36)37/h3-6,13,15,19-20H,7-12,14,16H2,1-2H3,(H,30,35). The molecule has 1 amide bonds. The fraction of sp³-hybridized carbons (Fsp3) is 0.519. The number of hydrogen-bond acceptors (Lipinski definition) is 5. The average Bonchev–Trinajstić information content (AvgIpc) is 3.42. The fourth-order valence-electron chi connectivity index (χ4n) is 7.89. The zero-order chi connectivity index (χ0) is 25.9. The lowest BCUT2D eigenvalue weighted by Crippen LogP contribution is -2.57. The van der Waals surface area contributed by atoms with Gasteiger partial charge in [0, 0.05) is 11.4 Å². The molecule has 4 fully saturated rings. The highest BCUT2D eigenvalue weighted by Gasteiger charge is 2.59. The molecule has 0 radical (unpaired) electrons. The molecule has 1 aromatic carbocycles. The molecule has 7 rings (SSSR count). The Labute approximate surface area is 220 Å². The fourth-order valence-corrected chi connectivity index (χ4v) is 8.08. The molecule has 194 valence electrons. The van der Waals surface area contributed by atoms with Gasteiger partial charge in [0.05, 0.1) is 34.1 Å². The van der Waals surface area contributed by atoms with E-state index in [2.05, 4.69) is 15.5 Å². The maximum atomic E-state index is 13.5. The summed E-state index contributed by atoms with van der Waals surface area (Å²) >= 11 is 6.35. The van der Waals surface area contributed by atoms with E-state index >= 15 is 0 Å². The second-order valence-electron chi connectivity index (χ2n) is 11.6. The largest absolute Gasteiger partial charge is 0.323 e. The first-order valence-corrected chi connectivity index (χ1v) is 13.3. The zero-order valence-corrected chi connectivity index (χ0v) is 21.9. The van der Waals surface area contributed by atoms with Crippen molar-refractivity contribution in [1.82, 2.24) is 19.6 Å². The van der Waals surface area contributed by atoms with Crippen LogP contribution >= 0.6 is 11.6 Å². The van der Waals surface area contributed by atoms with Crippen LogP contribution < -0.4 is 5.32 Å². The number of carbonyl (C=O) groups is 1. The Morgan fingerprint density at radius 2 is 1.95 bits per heavy atom. The minimum Gasteiger partial charge on any atom is -0.323 e. The molecular formula is C27H31ClN6O3. The third kappa shape index (κ3) is 4.23. The van der Waals surface area contributed by atoms with Gasteiger partial charge >= 0.3 is 5.69 Å². The van der Waals surface area contributed by atoms with Crippen molar-refractivity contribution < 1.29 is 9.72 Å². The first-order chi connectivity index (χ1) is 17.7. The number of halogens is 1. The molecule has 2 aromatic heterocycles. The van der Waals surface area contributed by atoms with Gasteiger partial charge in [-0.2, -0.15) is 10.2 Å². The number of amides is 1. The number of anilines is 1. The third-order valence-corrected chi connectivity index (χ3v) is 9.25. The molecule has 0 spiro atoms. The molecular weight excluding hydrogens is 492 g/mol.